The number of allylic oxidation sites excluding steroid dienone is 2. The molecule has 0 bridgehead atoms. The van der Waals surface area contributed by atoms with Crippen molar-refractivity contribution in [3.8, 4) is 0 Å². The van der Waals surface area contributed by atoms with Crippen molar-refractivity contribution in [1.29, 1.82) is 5.41 Å². The van der Waals surface area contributed by atoms with Crippen LogP contribution in [-0.2, 0) is 6.42 Å². The lowest BCUT2D eigenvalue weighted by Crippen LogP contribution is -2.33. The summed E-state index contributed by atoms with van der Waals surface area (Å²) in [5, 5.41) is 18.3. The molecule has 0 aliphatic heterocycles. The SMILES string of the molecule is C=C=C(CCc1ccccc1C(=N)CC(O)C(C)(C)F)C/N=C\C(C)=C/C. The van der Waals surface area contributed by atoms with E-state index in [-0.39, 0.29) is 12.1 Å². The molecule has 0 spiro atoms. The van der Waals surface area contributed by atoms with Gasteiger partial charge in [0.05, 0.1) is 12.6 Å². The predicted molar refractivity (Wildman–Crippen MR) is 113 cm³/mol. The molecule has 2 N–H and O–H groups in total. The highest BCUT2D eigenvalue weighted by Crippen LogP contribution is 2.21. The Morgan fingerprint density at radius 1 is 1.41 bits per heavy atom. The summed E-state index contributed by atoms with van der Waals surface area (Å²) in [7, 11) is 0. The van der Waals surface area contributed by atoms with E-state index < -0.39 is 11.8 Å². The minimum Gasteiger partial charge on any atom is -0.389 e. The monoisotopic (exact) mass is 370 g/mol. The highest BCUT2D eigenvalue weighted by molar-refractivity contribution is 5.99. The van der Waals surface area contributed by atoms with Gasteiger partial charge >= 0.3 is 0 Å². The summed E-state index contributed by atoms with van der Waals surface area (Å²) in [4.78, 5) is 4.40. The van der Waals surface area contributed by atoms with Gasteiger partial charge in [-0.2, -0.15) is 0 Å². The van der Waals surface area contributed by atoms with Gasteiger partial charge < -0.3 is 10.5 Å². The molecule has 27 heavy (non-hydrogen) atoms. The Labute approximate surface area is 162 Å². The van der Waals surface area contributed by atoms with Crippen molar-refractivity contribution in [2.45, 2.75) is 58.7 Å². The van der Waals surface area contributed by atoms with E-state index in [1.54, 1.807) is 0 Å². The second kappa shape index (κ2) is 10.8. The van der Waals surface area contributed by atoms with Crippen LogP contribution in [0.25, 0.3) is 0 Å². The molecule has 0 radical (unpaired) electrons. The molecule has 1 rings (SSSR count). The van der Waals surface area contributed by atoms with Crippen LogP contribution in [0.5, 0.6) is 0 Å². The second-order valence-corrected chi connectivity index (χ2v) is 7.20. The highest BCUT2D eigenvalue weighted by atomic mass is 19.1. The van der Waals surface area contributed by atoms with Crippen molar-refractivity contribution in [2.75, 3.05) is 6.54 Å². The summed E-state index contributed by atoms with van der Waals surface area (Å²) < 4.78 is 13.9. The molecular formula is C23H31FN2O. The lowest BCUT2D eigenvalue weighted by molar-refractivity contribution is 0.0227. The number of aryl methyl sites for hydroxylation is 1. The van der Waals surface area contributed by atoms with Gasteiger partial charge in [0.1, 0.15) is 5.67 Å². The zero-order chi connectivity index (χ0) is 20.4. The first-order valence-electron chi connectivity index (χ1n) is 9.22. The molecule has 0 heterocycles. The molecule has 3 nitrogen and oxygen atoms in total. The Kier molecular flexibility index (Phi) is 9.07. The Hall–Kier alpha value is -2.29. The number of alkyl halides is 1. The Morgan fingerprint density at radius 2 is 2.07 bits per heavy atom. The molecule has 1 aromatic rings. The summed E-state index contributed by atoms with van der Waals surface area (Å²) in [5.74, 6) is 0. The number of hydrogen-bond acceptors (Lipinski definition) is 3. The first-order chi connectivity index (χ1) is 12.7. The zero-order valence-electron chi connectivity index (χ0n) is 16.8. The summed E-state index contributed by atoms with van der Waals surface area (Å²) in [6.45, 7) is 10.9. The van der Waals surface area contributed by atoms with Crippen LogP contribution >= 0.6 is 0 Å². The number of halogens is 1. The average Bonchev–Trinajstić information content (AvgIpc) is 2.63. The summed E-state index contributed by atoms with van der Waals surface area (Å²) >= 11 is 0. The molecule has 0 saturated heterocycles. The molecule has 0 aliphatic rings. The summed E-state index contributed by atoms with van der Waals surface area (Å²) in [6.07, 6.45) is 4.06. The van der Waals surface area contributed by atoms with Crippen molar-refractivity contribution in [3.63, 3.8) is 0 Å². The minimum absolute atomic E-state index is 0.0163. The number of benzene rings is 1. The van der Waals surface area contributed by atoms with Crippen molar-refractivity contribution in [1.82, 2.24) is 0 Å². The normalized spacial score (nSPS) is 13.5. The predicted octanol–water partition coefficient (Wildman–Crippen LogP) is 5.23. The van der Waals surface area contributed by atoms with Crippen LogP contribution in [0.15, 0.2) is 58.8 Å². The summed E-state index contributed by atoms with van der Waals surface area (Å²) in [6, 6.07) is 7.59. The molecule has 1 atom stereocenters. The molecular weight excluding hydrogens is 339 g/mol. The molecule has 0 aromatic heterocycles. The number of aliphatic imine (C=N–C) groups is 1. The van der Waals surface area contributed by atoms with Gasteiger partial charge in [-0.15, -0.1) is 5.73 Å². The highest BCUT2D eigenvalue weighted by Gasteiger charge is 2.28. The average molecular weight is 371 g/mol. The van der Waals surface area contributed by atoms with Crippen LogP contribution in [0.1, 0.15) is 51.7 Å². The Balaban J connectivity index is 2.80. The molecule has 1 aromatic carbocycles. The molecule has 4 heteroatoms. The van der Waals surface area contributed by atoms with Gasteiger partial charge in [0.25, 0.3) is 0 Å². The van der Waals surface area contributed by atoms with E-state index in [1.165, 1.54) is 13.8 Å². The Morgan fingerprint density at radius 3 is 2.67 bits per heavy atom. The topological polar surface area (TPSA) is 56.4 Å². The van der Waals surface area contributed by atoms with Gasteiger partial charge in [0.2, 0.25) is 0 Å². The number of aliphatic hydroxyl groups is 1. The van der Waals surface area contributed by atoms with E-state index in [0.29, 0.717) is 13.0 Å². The fourth-order valence-corrected chi connectivity index (χ4v) is 2.46. The van der Waals surface area contributed by atoms with E-state index in [4.69, 9.17) is 5.41 Å². The number of nitrogens with zero attached hydrogens (tertiary/aromatic N) is 1. The standard InChI is InChI=1S/C23H31FN2O/c1-6-17(3)15-26-16-18(7-2)12-13-19-10-8-9-11-20(19)21(25)14-22(27)23(4,5)24/h6,8-11,15,22,25,27H,2,12-14,16H2,1,3-5H3/b17-6-,25-21?,26-15-. The van der Waals surface area contributed by atoms with Gasteiger partial charge in [0, 0.05) is 18.3 Å². The van der Waals surface area contributed by atoms with Crippen LogP contribution < -0.4 is 0 Å². The quantitative estimate of drug-likeness (QED) is 0.430. The Bertz CT molecular complexity index is 750. The molecule has 1 unspecified atom stereocenters. The van der Waals surface area contributed by atoms with E-state index >= 15 is 0 Å². The van der Waals surface area contributed by atoms with Gasteiger partial charge in [-0.3, -0.25) is 4.99 Å². The maximum absolute atomic E-state index is 13.9. The second-order valence-electron chi connectivity index (χ2n) is 7.20. The number of rotatable bonds is 10. The van der Waals surface area contributed by atoms with Crippen LogP contribution in [-0.4, -0.2) is 35.4 Å². The number of hydrogen-bond donors (Lipinski definition) is 2. The van der Waals surface area contributed by atoms with E-state index in [0.717, 1.165) is 28.7 Å². The van der Waals surface area contributed by atoms with Gasteiger partial charge in [-0.05, 0) is 62.8 Å². The molecule has 0 fully saturated rings. The summed E-state index contributed by atoms with van der Waals surface area (Å²) in [5.41, 5.74) is 5.31. The fraction of sp³-hybridized carbons (Fsp3) is 0.435. The third-order valence-corrected chi connectivity index (χ3v) is 4.51. The third kappa shape index (κ3) is 7.86. The van der Waals surface area contributed by atoms with E-state index in [2.05, 4.69) is 17.3 Å². The van der Waals surface area contributed by atoms with Crippen LogP contribution in [0, 0.1) is 5.41 Å². The number of nitrogens with one attached hydrogen (secondary N) is 1. The van der Waals surface area contributed by atoms with Crippen molar-refractivity contribution in [2.24, 2.45) is 4.99 Å². The molecule has 0 amide bonds. The maximum Gasteiger partial charge on any atom is 0.131 e. The first kappa shape index (κ1) is 22.8. The number of aliphatic hydroxyl groups excluding tert-OH is 1. The smallest absolute Gasteiger partial charge is 0.131 e. The molecule has 0 aliphatic carbocycles. The van der Waals surface area contributed by atoms with Gasteiger partial charge in [-0.25, -0.2) is 4.39 Å². The lowest BCUT2D eigenvalue weighted by atomic mass is 9.91. The van der Waals surface area contributed by atoms with Crippen molar-refractivity contribution in [3.05, 3.63) is 64.9 Å². The van der Waals surface area contributed by atoms with Crippen molar-refractivity contribution < 1.29 is 9.50 Å². The minimum atomic E-state index is -1.73. The molecule has 146 valence electrons. The fourth-order valence-electron chi connectivity index (χ4n) is 2.46. The van der Waals surface area contributed by atoms with Crippen molar-refractivity contribution >= 4 is 11.9 Å². The van der Waals surface area contributed by atoms with E-state index in [1.807, 2.05) is 50.4 Å². The van der Waals surface area contributed by atoms with Crippen LogP contribution in [0.2, 0.25) is 0 Å². The van der Waals surface area contributed by atoms with Gasteiger partial charge in [-0.1, -0.05) is 36.9 Å². The van der Waals surface area contributed by atoms with Gasteiger partial charge in [0.15, 0.2) is 0 Å². The zero-order valence-corrected chi connectivity index (χ0v) is 16.8. The maximum atomic E-state index is 13.9. The first-order valence-corrected chi connectivity index (χ1v) is 9.22. The lowest BCUT2D eigenvalue weighted by Gasteiger charge is -2.22. The largest absolute Gasteiger partial charge is 0.389 e. The van der Waals surface area contributed by atoms with Crippen LogP contribution in [0.3, 0.4) is 0 Å². The van der Waals surface area contributed by atoms with E-state index in [9.17, 15) is 9.50 Å². The third-order valence-electron chi connectivity index (χ3n) is 4.51. The molecule has 0 saturated carbocycles. The van der Waals surface area contributed by atoms with Crippen LogP contribution in [0.4, 0.5) is 4.39 Å².